The van der Waals surface area contributed by atoms with Gasteiger partial charge in [0.25, 0.3) is 0 Å². The molecule has 2 nitrogen and oxygen atoms in total. The summed E-state index contributed by atoms with van der Waals surface area (Å²) in [6.45, 7) is 5.06. The summed E-state index contributed by atoms with van der Waals surface area (Å²) in [4.78, 5) is 7.50. The molecule has 1 N–H and O–H groups in total. The van der Waals surface area contributed by atoms with E-state index < -0.39 is 0 Å². The molecule has 0 aliphatic heterocycles. The van der Waals surface area contributed by atoms with Crippen LogP contribution in [0.2, 0.25) is 0 Å². The molecule has 0 aromatic carbocycles. The fraction of sp³-hybridized carbons (Fsp3) is 0.333. The van der Waals surface area contributed by atoms with Gasteiger partial charge in [0, 0.05) is 5.03 Å². The van der Waals surface area contributed by atoms with E-state index in [9.17, 15) is 0 Å². The number of nitrogens with one attached hydrogen (secondary N) is 1. The topological polar surface area (TPSA) is 40.9 Å². The van der Waals surface area contributed by atoms with Crippen molar-refractivity contribution in [3.63, 3.8) is 0 Å². The van der Waals surface area contributed by atoms with Crippen LogP contribution in [0.15, 0.2) is 11.6 Å². The molecule has 0 aliphatic rings. The molecule has 0 unspecified atom stereocenters. The van der Waals surface area contributed by atoms with E-state index >= 15 is 0 Å². The maximum atomic E-state index is 7.50. The largest absolute Gasteiger partial charge is 0.154 e. The Hall–Kier alpha value is -0.370. The van der Waals surface area contributed by atoms with Gasteiger partial charge in [0.05, 0.1) is 0 Å². The third kappa shape index (κ3) is 183. The van der Waals surface area contributed by atoms with E-state index in [1.807, 2.05) is 0 Å². The lowest BCUT2D eigenvalue weighted by molar-refractivity contribution is 1.49. The minimum atomic E-state index is 0.639. The van der Waals surface area contributed by atoms with Gasteiger partial charge in [-0.25, -0.2) is 0 Å². The number of nitroso groups, excluding NO2 is 1. The Morgan fingerprint density at radius 1 is 1.83 bits per heavy atom. The second kappa shape index (κ2) is 8.82. The number of hydrogen-bond donors (Lipinski definition) is 1. The molecule has 0 atom stereocenters. The first kappa shape index (κ1) is 9.16. The molecule has 0 rings (SSSR count). The maximum Gasteiger partial charge on any atom is 0.00778 e. The molecular weight excluding hydrogens is 101 g/mol. The Bertz CT molecular complexity index is 42.1. The van der Waals surface area contributed by atoms with Gasteiger partial charge in [-0.3, -0.25) is 0 Å². The number of allylic oxidation sites excluding steroid dienone is 1. The summed E-state index contributed by atoms with van der Waals surface area (Å²) in [6.07, 6.45) is 0. The third-order valence-corrected chi connectivity index (χ3v) is 0. The molecule has 36 valence electrons. The standard InChI is InChI=1S/C3H5Cl.HNO/c1-3(2)4;1-2/h1H2,2H3;1H. The van der Waals surface area contributed by atoms with Gasteiger partial charge in [0.2, 0.25) is 0 Å². The van der Waals surface area contributed by atoms with Crippen LogP contribution < -0.4 is 0 Å². The van der Waals surface area contributed by atoms with Crippen LogP contribution in [0.4, 0.5) is 0 Å². The van der Waals surface area contributed by atoms with Crippen molar-refractivity contribution in [3.05, 3.63) is 16.5 Å². The zero-order chi connectivity index (χ0) is 5.58. The van der Waals surface area contributed by atoms with Crippen molar-refractivity contribution < 1.29 is 0 Å². The van der Waals surface area contributed by atoms with E-state index in [4.69, 9.17) is 16.5 Å². The Balaban J connectivity index is 0. The van der Waals surface area contributed by atoms with Crippen LogP contribution in [-0.2, 0) is 0 Å². The van der Waals surface area contributed by atoms with Gasteiger partial charge in [0.1, 0.15) is 0 Å². The van der Waals surface area contributed by atoms with Gasteiger partial charge in [-0.15, -0.1) is 0 Å². The summed E-state index contributed by atoms with van der Waals surface area (Å²) >= 11 is 5.08. The Labute approximate surface area is 41.6 Å². The fourth-order valence-corrected chi connectivity index (χ4v) is 0. The van der Waals surface area contributed by atoms with Crippen molar-refractivity contribution in [1.82, 2.24) is 0 Å². The van der Waals surface area contributed by atoms with E-state index in [0.29, 0.717) is 5.03 Å². The first-order valence-electron chi connectivity index (χ1n) is 1.25. The molecule has 0 radical (unpaired) electrons. The summed E-state index contributed by atoms with van der Waals surface area (Å²) in [7, 11) is 0. The van der Waals surface area contributed by atoms with Crippen LogP contribution in [0.25, 0.3) is 0 Å². The van der Waals surface area contributed by atoms with Crippen LogP contribution in [0.1, 0.15) is 6.92 Å². The highest BCUT2D eigenvalue weighted by Gasteiger charge is 1.55. The number of halogens is 1. The monoisotopic (exact) mass is 107 g/mol. The van der Waals surface area contributed by atoms with Crippen LogP contribution in [0.3, 0.4) is 0 Å². The zero-order valence-corrected chi connectivity index (χ0v) is 4.25. The normalized spacial score (nSPS) is 5.00. The SMILES string of the molecule is C=C(C)Cl.N=O. The molecule has 0 saturated heterocycles. The second-order valence-corrected chi connectivity index (χ2v) is 1.32. The molecule has 0 spiro atoms. The van der Waals surface area contributed by atoms with Crippen LogP contribution >= 0.6 is 11.6 Å². The molecule has 0 bridgehead atoms. The summed E-state index contributed by atoms with van der Waals surface area (Å²) in [5.74, 6) is 0. The van der Waals surface area contributed by atoms with E-state index in [1.54, 1.807) is 6.92 Å². The van der Waals surface area contributed by atoms with Crippen molar-refractivity contribution in [2.75, 3.05) is 0 Å². The highest BCUT2D eigenvalue weighted by Crippen LogP contribution is 1.87. The van der Waals surface area contributed by atoms with Gasteiger partial charge in [0.15, 0.2) is 0 Å². The highest BCUT2D eigenvalue weighted by molar-refractivity contribution is 6.28. The van der Waals surface area contributed by atoms with Gasteiger partial charge in [-0.1, -0.05) is 23.8 Å². The molecular formula is C3H6ClNO. The van der Waals surface area contributed by atoms with Crippen molar-refractivity contribution >= 4 is 11.6 Å². The molecule has 0 saturated carbocycles. The molecule has 0 fully saturated rings. The quantitative estimate of drug-likeness (QED) is 0.473. The maximum absolute atomic E-state index is 7.50. The van der Waals surface area contributed by atoms with Crippen molar-refractivity contribution in [1.29, 1.82) is 5.59 Å². The highest BCUT2D eigenvalue weighted by atomic mass is 35.5. The minimum Gasteiger partial charge on any atom is -0.154 e. The van der Waals surface area contributed by atoms with E-state index in [2.05, 4.69) is 12.2 Å². The van der Waals surface area contributed by atoms with Crippen LogP contribution in [-0.4, -0.2) is 0 Å². The summed E-state index contributed by atoms with van der Waals surface area (Å²) in [6, 6.07) is 0. The molecule has 0 aliphatic carbocycles. The lowest BCUT2D eigenvalue weighted by atomic mass is 10.8. The van der Waals surface area contributed by atoms with Crippen LogP contribution in [0.5, 0.6) is 0 Å². The first-order chi connectivity index (χ1) is 2.73. The van der Waals surface area contributed by atoms with Crippen LogP contribution in [0, 0.1) is 10.5 Å². The average Bonchev–Trinajstić information content (AvgIpc) is 1.41. The lowest BCUT2D eigenvalue weighted by Crippen LogP contribution is -1.34. The Morgan fingerprint density at radius 3 is 1.83 bits per heavy atom. The average molecular weight is 108 g/mol. The molecule has 0 aromatic heterocycles. The van der Waals surface area contributed by atoms with E-state index in [0.717, 1.165) is 0 Å². The minimum absolute atomic E-state index is 0.639. The lowest BCUT2D eigenvalue weighted by Gasteiger charge is -1.61. The van der Waals surface area contributed by atoms with E-state index in [1.165, 1.54) is 0 Å². The van der Waals surface area contributed by atoms with Gasteiger partial charge in [-0.05, 0) is 6.92 Å². The molecule has 0 aromatic rings. The number of hydrogen-bond acceptors (Lipinski definition) is 2. The van der Waals surface area contributed by atoms with Crippen molar-refractivity contribution in [3.8, 4) is 0 Å². The smallest absolute Gasteiger partial charge is 0.00778 e. The summed E-state index contributed by atoms with van der Waals surface area (Å²) in [5, 5.41) is 0.639. The molecule has 3 heteroatoms. The molecule has 6 heavy (non-hydrogen) atoms. The van der Waals surface area contributed by atoms with Gasteiger partial charge >= 0.3 is 0 Å². The molecule has 0 heterocycles. The van der Waals surface area contributed by atoms with E-state index in [-0.39, 0.29) is 0 Å². The fourth-order valence-electron chi connectivity index (χ4n) is 0. The summed E-state index contributed by atoms with van der Waals surface area (Å²) < 4.78 is 0. The zero-order valence-electron chi connectivity index (χ0n) is 3.49. The first-order valence-corrected chi connectivity index (χ1v) is 1.62. The van der Waals surface area contributed by atoms with Gasteiger partial charge in [-0.2, -0.15) is 4.91 Å². The Morgan fingerprint density at radius 2 is 1.83 bits per heavy atom. The van der Waals surface area contributed by atoms with Crippen molar-refractivity contribution in [2.45, 2.75) is 6.92 Å². The predicted octanol–water partition coefficient (Wildman–Crippen LogP) is 2.09. The van der Waals surface area contributed by atoms with Gasteiger partial charge < -0.3 is 0 Å². The molecule has 0 amide bonds. The second-order valence-electron chi connectivity index (χ2n) is 0.676. The predicted molar refractivity (Wildman–Crippen MR) is 26.8 cm³/mol. The Kier molecular flexibility index (Phi) is 13.5. The third-order valence-electron chi connectivity index (χ3n) is 0. The number of rotatable bonds is 0. The van der Waals surface area contributed by atoms with Crippen molar-refractivity contribution in [2.24, 2.45) is 0 Å². The summed E-state index contributed by atoms with van der Waals surface area (Å²) in [5.41, 5.74) is 4.50.